The summed E-state index contributed by atoms with van der Waals surface area (Å²) in [4.78, 5) is 0. The minimum Gasteiger partial charge on any atom is -0.309 e. The maximum Gasteiger partial charge on any atom is 0.149 e. The summed E-state index contributed by atoms with van der Waals surface area (Å²) < 4.78 is 22.8. The molecule has 0 aromatic rings. The fraction of sp³-hybridized carbons (Fsp3) is 0.833. The van der Waals surface area contributed by atoms with E-state index in [-0.39, 0.29) is 11.8 Å². The third kappa shape index (κ3) is 5.12. The molecule has 0 aromatic heterocycles. The summed E-state index contributed by atoms with van der Waals surface area (Å²) in [5, 5.41) is 3.35. The van der Waals surface area contributed by atoms with Crippen LogP contribution in [0.15, 0.2) is 11.6 Å². The highest BCUT2D eigenvalue weighted by atomic mass is 32.2. The van der Waals surface area contributed by atoms with Crippen LogP contribution in [-0.4, -0.2) is 33.0 Å². The quantitative estimate of drug-likeness (QED) is 0.727. The first-order valence-electron chi connectivity index (χ1n) is 6.13. The molecule has 1 N–H and O–H groups in total. The molecule has 0 radical (unpaired) electrons. The van der Waals surface area contributed by atoms with Gasteiger partial charge in [0.1, 0.15) is 9.84 Å². The highest BCUT2D eigenvalue weighted by Gasteiger charge is 2.19. The van der Waals surface area contributed by atoms with Gasteiger partial charge in [0, 0.05) is 12.3 Å². The van der Waals surface area contributed by atoms with Crippen molar-refractivity contribution in [2.24, 2.45) is 0 Å². The SMILES string of the molecule is CCCNC(CS(C)(=O)=O)C1=CCCCC1. The van der Waals surface area contributed by atoms with Crippen molar-refractivity contribution in [3.05, 3.63) is 11.6 Å². The molecule has 1 aliphatic rings. The molecule has 1 aliphatic carbocycles. The molecule has 0 spiro atoms. The van der Waals surface area contributed by atoms with Crippen molar-refractivity contribution < 1.29 is 8.42 Å². The second-order valence-electron chi connectivity index (χ2n) is 4.62. The van der Waals surface area contributed by atoms with Crippen molar-refractivity contribution in [2.75, 3.05) is 18.6 Å². The monoisotopic (exact) mass is 245 g/mol. The summed E-state index contributed by atoms with van der Waals surface area (Å²) in [5.74, 6) is 0.235. The summed E-state index contributed by atoms with van der Waals surface area (Å²) in [6.07, 6.45) is 9.16. The van der Waals surface area contributed by atoms with Crippen molar-refractivity contribution in [3.8, 4) is 0 Å². The van der Waals surface area contributed by atoms with Crippen molar-refractivity contribution in [2.45, 2.75) is 45.1 Å². The molecule has 0 amide bonds. The normalized spacial score (nSPS) is 19.2. The average molecular weight is 245 g/mol. The van der Waals surface area contributed by atoms with E-state index in [1.165, 1.54) is 24.7 Å². The van der Waals surface area contributed by atoms with E-state index < -0.39 is 9.84 Å². The number of nitrogens with one attached hydrogen (secondary N) is 1. The van der Waals surface area contributed by atoms with Crippen molar-refractivity contribution in [1.82, 2.24) is 5.32 Å². The molecule has 0 fully saturated rings. The molecule has 1 rings (SSSR count). The molecule has 4 heteroatoms. The summed E-state index contributed by atoms with van der Waals surface area (Å²) in [5.41, 5.74) is 1.30. The van der Waals surface area contributed by atoms with Crippen molar-refractivity contribution in [3.63, 3.8) is 0 Å². The van der Waals surface area contributed by atoms with Crippen LogP contribution in [0.4, 0.5) is 0 Å². The third-order valence-corrected chi connectivity index (χ3v) is 3.82. The standard InChI is InChI=1S/C12H23NO2S/c1-3-9-13-12(10-16(2,14)15)11-7-5-4-6-8-11/h7,12-13H,3-6,8-10H2,1-2H3. The predicted molar refractivity (Wildman–Crippen MR) is 68.3 cm³/mol. The van der Waals surface area contributed by atoms with E-state index in [4.69, 9.17) is 0 Å². The molecule has 3 nitrogen and oxygen atoms in total. The van der Waals surface area contributed by atoms with Gasteiger partial charge in [0.25, 0.3) is 0 Å². The Morgan fingerprint density at radius 3 is 2.69 bits per heavy atom. The van der Waals surface area contributed by atoms with Crippen LogP contribution in [0.25, 0.3) is 0 Å². The fourth-order valence-electron chi connectivity index (χ4n) is 2.10. The maximum atomic E-state index is 11.4. The van der Waals surface area contributed by atoms with Gasteiger partial charge >= 0.3 is 0 Å². The van der Waals surface area contributed by atoms with Crippen LogP contribution in [0.1, 0.15) is 39.0 Å². The van der Waals surface area contributed by atoms with Crippen LogP contribution < -0.4 is 5.32 Å². The maximum absolute atomic E-state index is 11.4. The van der Waals surface area contributed by atoms with Crippen LogP contribution in [0.3, 0.4) is 0 Å². The zero-order valence-electron chi connectivity index (χ0n) is 10.3. The van der Waals surface area contributed by atoms with E-state index in [2.05, 4.69) is 18.3 Å². The van der Waals surface area contributed by atoms with E-state index in [0.717, 1.165) is 25.8 Å². The summed E-state index contributed by atoms with van der Waals surface area (Å²) >= 11 is 0. The predicted octanol–water partition coefficient (Wildman–Crippen LogP) is 1.90. The van der Waals surface area contributed by atoms with E-state index in [9.17, 15) is 8.42 Å². The summed E-state index contributed by atoms with van der Waals surface area (Å²) in [7, 11) is -2.91. The number of sulfone groups is 1. The zero-order valence-corrected chi connectivity index (χ0v) is 11.1. The van der Waals surface area contributed by atoms with E-state index in [1.54, 1.807) is 0 Å². The lowest BCUT2D eigenvalue weighted by molar-refractivity contribution is 0.543. The van der Waals surface area contributed by atoms with E-state index in [0.29, 0.717) is 0 Å². The van der Waals surface area contributed by atoms with Gasteiger partial charge in [-0.15, -0.1) is 0 Å². The molecule has 0 bridgehead atoms. The first kappa shape index (κ1) is 13.7. The number of hydrogen-bond acceptors (Lipinski definition) is 3. The van der Waals surface area contributed by atoms with E-state index >= 15 is 0 Å². The first-order valence-corrected chi connectivity index (χ1v) is 8.19. The van der Waals surface area contributed by atoms with E-state index in [1.807, 2.05) is 0 Å². The molecule has 0 aromatic carbocycles. The lowest BCUT2D eigenvalue weighted by Crippen LogP contribution is -2.38. The Bertz CT molecular complexity index is 333. The molecule has 1 atom stereocenters. The van der Waals surface area contributed by atoms with Crippen molar-refractivity contribution >= 4 is 9.84 Å². The van der Waals surface area contributed by atoms with Gasteiger partial charge in [0.15, 0.2) is 0 Å². The van der Waals surface area contributed by atoms with Crippen LogP contribution in [0, 0.1) is 0 Å². The molecular weight excluding hydrogens is 222 g/mol. The molecular formula is C12H23NO2S. The first-order chi connectivity index (χ1) is 7.53. The van der Waals surface area contributed by atoms with Crippen LogP contribution in [-0.2, 0) is 9.84 Å². The van der Waals surface area contributed by atoms with Gasteiger partial charge in [0.05, 0.1) is 5.75 Å². The highest BCUT2D eigenvalue weighted by Crippen LogP contribution is 2.21. The number of hydrogen-bond donors (Lipinski definition) is 1. The second kappa shape index (κ2) is 6.40. The molecule has 0 saturated heterocycles. The van der Waals surface area contributed by atoms with Crippen molar-refractivity contribution in [1.29, 1.82) is 0 Å². The van der Waals surface area contributed by atoms with Crippen LogP contribution in [0.5, 0.6) is 0 Å². The molecule has 94 valence electrons. The Hall–Kier alpha value is -0.350. The van der Waals surface area contributed by atoms with Gasteiger partial charge in [-0.25, -0.2) is 8.42 Å². The zero-order chi connectivity index (χ0) is 12.0. The molecule has 16 heavy (non-hydrogen) atoms. The molecule has 0 heterocycles. The van der Waals surface area contributed by atoms with Gasteiger partial charge in [-0.05, 0) is 38.6 Å². The summed E-state index contributed by atoms with van der Waals surface area (Å²) in [6, 6.07) is 0.0373. The van der Waals surface area contributed by atoms with Gasteiger partial charge in [0.2, 0.25) is 0 Å². The Balaban J connectivity index is 2.65. The number of rotatable bonds is 6. The lowest BCUT2D eigenvalue weighted by atomic mass is 9.94. The Morgan fingerprint density at radius 2 is 2.19 bits per heavy atom. The topological polar surface area (TPSA) is 46.2 Å². The number of allylic oxidation sites excluding steroid dienone is 1. The largest absolute Gasteiger partial charge is 0.309 e. The fourth-order valence-corrected chi connectivity index (χ4v) is 3.04. The van der Waals surface area contributed by atoms with Gasteiger partial charge in [-0.3, -0.25) is 0 Å². The van der Waals surface area contributed by atoms with Gasteiger partial charge < -0.3 is 5.32 Å². The minimum absolute atomic E-state index is 0.0373. The highest BCUT2D eigenvalue weighted by molar-refractivity contribution is 7.90. The average Bonchev–Trinajstić information content (AvgIpc) is 2.24. The Morgan fingerprint density at radius 1 is 1.44 bits per heavy atom. The molecule has 0 aliphatic heterocycles. The molecule has 0 saturated carbocycles. The third-order valence-electron chi connectivity index (χ3n) is 2.88. The Kier molecular flexibility index (Phi) is 5.49. The van der Waals surface area contributed by atoms with Gasteiger partial charge in [-0.2, -0.15) is 0 Å². The smallest absolute Gasteiger partial charge is 0.149 e. The second-order valence-corrected chi connectivity index (χ2v) is 6.81. The van der Waals surface area contributed by atoms with Crippen LogP contribution in [0.2, 0.25) is 0 Å². The Labute approximate surface area is 99.2 Å². The lowest BCUT2D eigenvalue weighted by Gasteiger charge is -2.23. The van der Waals surface area contributed by atoms with Gasteiger partial charge in [-0.1, -0.05) is 18.6 Å². The van der Waals surface area contributed by atoms with Crippen LogP contribution >= 0.6 is 0 Å². The summed E-state index contributed by atoms with van der Waals surface area (Å²) in [6.45, 7) is 2.98. The minimum atomic E-state index is -2.91. The molecule has 1 unspecified atom stereocenters.